The van der Waals surface area contributed by atoms with Gasteiger partial charge in [-0.1, -0.05) is 12.1 Å². The van der Waals surface area contributed by atoms with Crippen molar-refractivity contribution in [3.8, 4) is 5.75 Å². The van der Waals surface area contributed by atoms with Crippen LogP contribution in [0.5, 0.6) is 5.75 Å². The summed E-state index contributed by atoms with van der Waals surface area (Å²) < 4.78 is 5.18. The summed E-state index contributed by atoms with van der Waals surface area (Å²) in [7, 11) is 1.64. The highest BCUT2D eigenvalue weighted by molar-refractivity contribution is 5.92. The van der Waals surface area contributed by atoms with Gasteiger partial charge in [-0.15, -0.1) is 10.2 Å². The summed E-state index contributed by atoms with van der Waals surface area (Å²) in [5.41, 5.74) is 1.41. The second kappa shape index (κ2) is 8.12. The Morgan fingerprint density at radius 2 is 2.04 bits per heavy atom. The standard InChI is InChI=1S/C17H22N4O2/c1-12(2)19-16-8-7-15(20-21-16)17(22)18-10-9-13-5-4-6-14(11-13)23-3/h4-8,11-12H,9-10H2,1-3H3,(H,18,22)(H,19,21). The molecule has 6 heteroatoms. The molecule has 2 N–H and O–H groups in total. The van der Waals surface area contributed by atoms with E-state index in [0.29, 0.717) is 18.1 Å². The van der Waals surface area contributed by atoms with Crippen molar-refractivity contribution < 1.29 is 9.53 Å². The van der Waals surface area contributed by atoms with E-state index < -0.39 is 0 Å². The van der Waals surface area contributed by atoms with E-state index in [9.17, 15) is 4.79 Å². The van der Waals surface area contributed by atoms with Gasteiger partial charge in [0.2, 0.25) is 0 Å². The summed E-state index contributed by atoms with van der Waals surface area (Å²) in [6.45, 7) is 4.56. The number of nitrogens with one attached hydrogen (secondary N) is 2. The van der Waals surface area contributed by atoms with Crippen LogP contribution in [0.2, 0.25) is 0 Å². The van der Waals surface area contributed by atoms with Gasteiger partial charge < -0.3 is 15.4 Å². The quantitative estimate of drug-likeness (QED) is 0.820. The summed E-state index contributed by atoms with van der Waals surface area (Å²) >= 11 is 0. The summed E-state index contributed by atoms with van der Waals surface area (Å²) in [5.74, 6) is 1.25. The van der Waals surface area contributed by atoms with Crippen molar-refractivity contribution in [2.24, 2.45) is 0 Å². The van der Waals surface area contributed by atoms with E-state index in [1.807, 2.05) is 38.1 Å². The van der Waals surface area contributed by atoms with E-state index in [1.54, 1.807) is 19.2 Å². The smallest absolute Gasteiger partial charge is 0.271 e. The molecule has 0 saturated carbocycles. The third-order valence-corrected chi connectivity index (χ3v) is 3.17. The summed E-state index contributed by atoms with van der Waals surface area (Å²) in [4.78, 5) is 12.0. The number of nitrogens with zero attached hydrogens (tertiary/aromatic N) is 2. The van der Waals surface area contributed by atoms with Gasteiger partial charge in [-0.25, -0.2) is 0 Å². The van der Waals surface area contributed by atoms with E-state index in [-0.39, 0.29) is 11.9 Å². The summed E-state index contributed by atoms with van der Waals surface area (Å²) in [5, 5.41) is 13.9. The predicted octanol–water partition coefficient (Wildman–Crippen LogP) is 2.28. The molecule has 0 aliphatic rings. The van der Waals surface area contributed by atoms with Crippen molar-refractivity contribution in [2.75, 3.05) is 19.0 Å². The lowest BCUT2D eigenvalue weighted by Gasteiger charge is -2.09. The first-order valence-electron chi connectivity index (χ1n) is 7.60. The highest BCUT2D eigenvalue weighted by atomic mass is 16.5. The molecule has 0 aliphatic carbocycles. The number of hydrogen-bond donors (Lipinski definition) is 2. The zero-order valence-electron chi connectivity index (χ0n) is 13.7. The van der Waals surface area contributed by atoms with Crippen LogP contribution in [0.25, 0.3) is 0 Å². The molecule has 2 aromatic rings. The normalized spacial score (nSPS) is 10.4. The predicted molar refractivity (Wildman–Crippen MR) is 89.8 cm³/mol. The number of carbonyl (C=O) groups is 1. The van der Waals surface area contributed by atoms with Crippen LogP contribution in [0.3, 0.4) is 0 Å². The van der Waals surface area contributed by atoms with Crippen molar-refractivity contribution in [3.63, 3.8) is 0 Å². The molecule has 0 aliphatic heterocycles. The van der Waals surface area contributed by atoms with Crippen molar-refractivity contribution in [3.05, 3.63) is 47.7 Å². The van der Waals surface area contributed by atoms with Crippen LogP contribution in [0.4, 0.5) is 5.82 Å². The number of ether oxygens (including phenoxy) is 1. The van der Waals surface area contributed by atoms with Gasteiger partial charge in [0.1, 0.15) is 11.6 Å². The Morgan fingerprint density at radius 3 is 2.70 bits per heavy atom. The second-order valence-corrected chi connectivity index (χ2v) is 5.46. The monoisotopic (exact) mass is 314 g/mol. The lowest BCUT2D eigenvalue weighted by Crippen LogP contribution is -2.27. The van der Waals surface area contributed by atoms with Gasteiger partial charge in [-0.05, 0) is 50.1 Å². The van der Waals surface area contributed by atoms with E-state index in [0.717, 1.165) is 17.7 Å². The van der Waals surface area contributed by atoms with Crippen molar-refractivity contribution in [1.82, 2.24) is 15.5 Å². The maximum Gasteiger partial charge on any atom is 0.271 e. The Hall–Kier alpha value is -2.63. The Labute approximate surface area is 136 Å². The Morgan fingerprint density at radius 1 is 1.22 bits per heavy atom. The van der Waals surface area contributed by atoms with Gasteiger partial charge in [-0.2, -0.15) is 0 Å². The second-order valence-electron chi connectivity index (χ2n) is 5.46. The molecule has 2 rings (SSSR count). The fourth-order valence-electron chi connectivity index (χ4n) is 2.07. The molecular weight excluding hydrogens is 292 g/mol. The molecule has 1 aromatic carbocycles. The van der Waals surface area contributed by atoms with E-state index in [4.69, 9.17) is 4.74 Å². The maximum atomic E-state index is 12.0. The summed E-state index contributed by atoms with van der Waals surface area (Å²) in [6.07, 6.45) is 0.726. The van der Waals surface area contributed by atoms with Gasteiger partial charge in [0.15, 0.2) is 5.69 Å². The number of benzene rings is 1. The third kappa shape index (κ3) is 5.25. The minimum atomic E-state index is -0.225. The van der Waals surface area contributed by atoms with Gasteiger partial charge in [0.05, 0.1) is 7.11 Å². The minimum Gasteiger partial charge on any atom is -0.497 e. The van der Waals surface area contributed by atoms with Crippen LogP contribution in [0, 0.1) is 0 Å². The first-order chi connectivity index (χ1) is 11.1. The van der Waals surface area contributed by atoms with Crippen molar-refractivity contribution >= 4 is 11.7 Å². The number of amides is 1. The molecule has 0 bridgehead atoms. The molecule has 0 unspecified atom stereocenters. The van der Waals surface area contributed by atoms with Gasteiger partial charge in [0.25, 0.3) is 5.91 Å². The average Bonchev–Trinajstić information content (AvgIpc) is 2.55. The van der Waals surface area contributed by atoms with Crippen LogP contribution >= 0.6 is 0 Å². The van der Waals surface area contributed by atoms with E-state index >= 15 is 0 Å². The molecule has 1 amide bonds. The molecule has 0 radical (unpaired) electrons. The Bertz CT molecular complexity index is 641. The Kier molecular flexibility index (Phi) is 5.91. The minimum absolute atomic E-state index is 0.225. The average molecular weight is 314 g/mol. The largest absolute Gasteiger partial charge is 0.497 e. The van der Waals surface area contributed by atoms with Gasteiger partial charge in [-0.3, -0.25) is 4.79 Å². The highest BCUT2D eigenvalue weighted by Gasteiger charge is 2.08. The number of carbonyl (C=O) groups excluding carboxylic acids is 1. The Balaban J connectivity index is 1.84. The van der Waals surface area contributed by atoms with Crippen LogP contribution < -0.4 is 15.4 Å². The highest BCUT2D eigenvalue weighted by Crippen LogP contribution is 2.12. The zero-order chi connectivity index (χ0) is 16.7. The molecule has 23 heavy (non-hydrogen) atoms. The number of hydrogen-bond acceptors (Lipinski definition) is 5. The summed E-state index contributed by atoms with van der Waals surface area (Å²) in [6, 6.07) is 11.5. The van der Waals surface area contributed by atoms with Crippen LogP contribution in [-0.2, 0) is 6.42 Å². The molecule has 1 aromatic heterocycles. The molecule has 6 nitrogen and oxygen atoms in total. The van der Waals surface area contributed by atoms with Gasteiger partial charge >= 0.3 is 0 Å². The van der Waals surface area contributed by atoms with Gasteiger partial charge in [0, 0.05) is 12.6 Å². The topological polar surface area (TPSA) is 76.1 Å². The SMILES string of the molecule is COc1cccc(CCNC(=O)c2ccc(NC(C)C)nn2)c1. The number of anilines is 1. The van der Waals surface area contributed by atoms with Crippen molar-refractivity contribution in [2.45, 2.75) is 26.3 Å². The lowest BCUT2D eigenvalue weighted by molar-refractivity contribution is 0.0948. The molecule has 1 heterocycles. The van der Waals surface area contributed by atoms with E-state index in [2.05, 4.69) is 20.8 Å². The lowest BCUT2D eigenvalue weighted by atomic mass is 10.1. The van der Waals surface area contributed by atoms with E-state index in [1.165, 1.54) is 0 Å². The first-order valence-corrected chi connectivity index (χ1v) is 7.60. The van der Waals surface area contributed by atoms with Crippen molar-refractivity contribution in [1.29, 1.82) is 0 Å². The fraction of sp³-hybridized carbons (Fsp3) is 0.353. The third-order valence-electron chi connectivity index (χ3n) is 3.17. The fourth-order valence-corrected chi connectivity index (χ4v) is 2.07. The molecular formula is C17H22N4O2. The molecule has 0 atom stereocenters. The molecule has 0 fully saturated rings. The molecule has 0 spiro atoms. The first kappa shape index (κ1) is 16.7. The van der Waals surface area contributed by atoms with Crippen LogP contribution in [-0.4, -0.2) is 35.8 Å². The van der Waals surface area contributed by atoms with Crippen LogP contribution in [0.15, 0.2) is 36.4 Å². The molecule has 122 valence electrons. The number of rotatable bonds is 7. The number of methoxy groups -OCH3 is 1. The molecule has 0 saturated heterocycles. The van der Waals surface area contributed by atoms with Crippen LogP contribution in [0.1, 0.15) is 29.9 Å². The number of aromatic nitrogens is 2. The maximum absolute atomic E-state index is 12.0. The zero-order valence-corrected chi connectivity index (χ0v) is 13.7.